The Balaban J connectivity index is 1.40. The van der Waals surface area contributed by atoms with E-state index in [1.165, 1.54) is 6.07 Å². The van der Waals surface area contributed by atoms with Gasteiger partial charge in [-0.3, -0.25) is 15.1 Å². The molecular formula is C29H26FN7O. The lowest BCUT2D eigenvalue weighted by molar-refractivity contribution is 0.0880. The summed E-state index contributed by atoms with van der Waals surface area (Å²) in [5, 5.41) is 21.9. The quantitative estimate of drug-likeness (QED) is 0.208. The third kappa shape index (κ3) is 4.26. The van der Waals surface area contributed by atoms with Crippen LogP contribution >= 0.6 is 0 Å². The number of nitrogens with one attached hydrogen (secondary N) is 3. The van der Waals surface area contributed by atoms with Gasteiger partial charge in [-0.1, -0.05) is 51.1 Å². The van der Waals surface area contributed by atoms with Crippen LogP contribution in [0.2, 0.25) is 0 Å². The molecule has 0 aliphatic heterocycles. The van der Waals surface area contributed by atoms with Crippen molar-refractivity contribution in [1.29, 1.82) is 0 Å². The Kier molecular flexibility index (Phi) is 5.65. The topological polar surface area (TPSA) is 115 Å². The Hall–Kier alpha value is -4.63. The Morgan fingerprint density at radius 2 is 1.76 bits per heavy atom. The highest BCUT2D eigenvalue weighted by molar-refractivity contribution is 5.97. The molecule has 8 nitrogen and oxygen atoms in total. The lowest BCUT2D eigenvalue weighted by atomic mass is 9.94. The van der Waals surface area contributed by atoms with Crippen molar-refractivity contribution in [3.8, 4) is 33.9 Å². The van der Waals surface area contributed by atoms with Gasteiger partial charge < -0.3 is 15.4 Å². The molecule has 0 fully saturated rings. The number of aromatic nitrogens is 6. The first-order valence-electron chi connectivity index (χ1n) is 12.3. The lowest BCUT2D eigenvalue weighted by Gasteiger charge is -2.27. The number of aliphatic hydroxyl groups is 1. The first-order chi connectivity index (χ1) is 18.3. The number of halogens is 1. The smallest absolute Gasteiger partial charge is 0.159 e. The number of hydrogen-bond acceptors (Lipinski definition) is 6. The van der Waals surface area contributed by atoms with Crippen molar-refractivity contribution in [1.82, 2.24) is 30.1 Å². The van der Waals surface area contributed by atoms with E-state index in [2.05, 4.69) is 30.5 Å². The molecule has 4 aromatic heterocycles. The maximum atomic E-state index is 14.6. The molecule has 0 spiro atoms. The fourth-order valence-electron chi connectivity index (χ4n) is 4.33. The summed E-state index contributed by atoms with van der Waals surface area (Å²) in [4.78, 5) is 17.1. The maximum absolute atomic E-state index is 14.6. The Bertz CT molecular complexity index is 1780. The number of aromatic amines is 2. The summed E-state index contributed by atoms with van der Waals surface area (Å²) in [6.45, 7) is 5.86. The Morgan fingerprint density at radius 3 is 2.58 bits per heavy atom. The van der Waals surface area contributed by atoms with Crippen LogP contribution in [0.1, 0.15) is 20.8 Å². The summed E-state index contributed by atoms with van der Waals surface area (Å²) >= 11 is 0. The molecule has 6 rings (SSSR count). The zero-order chi connectivity index (χ0) is 26.4. The molecule has 0 bridgehead atoms. The molecule has 2 aromatic carbocycles. The number of nitrogens with zero attached hydrogens (tertiary/aromatic N) is 4. The molecule has 38 heavy (non-hydrogen) atoms. The van der Waals surface area contributed by atoms with Gasteiger partial charge >= 0.3 is 0 Å². The maximum Gasteiger partial charge on any atom is 0.159 e. The summed E-state index contributed by atoms with van der Waals surface area (Å²) < 4.78 is 14.6. The molecule has 4 heterocycles. The molecule has 0 aliphatic carbocycles. The van der Waals surface area contributed by atoms with Gasteiger partial charge in [0, 0.05) is 33.7 Å². The largest absolute Gasteiger partial charge is 0.373 e. The Labute approximate surface area is 218 Å². The molecule has 0 saturated heterocycles. The van der Waals surface area contributed by atoms with Crippen LogP contribution in [-0.2, 0) is 0 Å². The van der Waals surface area contributed by atoms with E-state index in [9.17, 15) is 9.50 Å². The predicted octanol–water partition coefficient (Wildman–Crippen LogP) is 6.15. The van der Waals surface area contributed by atoms with Crippen LogP contribution in [0, 0.1) is 11.2 Å². The Morgan fingerprint density at radius 1 is 0.947 bits per heavy atom. The van der Waals surface area contributed by atoms with E-state index in [4.69, 9.17) is 4.98 Å². The van der Waals surface area contributed by atoms with Crippen molar-refractivity contribution in [3.63, 3.8) is 0 Å². The lowest BCUT2D eigenvalue weighted by Crippen LogP contribution is -2.33. The molecular weight excluding hydrogens is 481 g/mol. The van der Waals surface area contributed by atoms with E-state index in [-0.39, 0.29) is 11.2 Å². The van der Waals surface area contributed by atoms with Crippen LogP contribution in [-0.4, -0.2) is 41.5 Å². The zero-order valence-electron chi connectivity index (χ0n) is 21.1. The van der Waals surface area contributed by atoms with Gasteiger partial charge in [-0.05, 0) is 24.3 Å². The molecule has 1 unspecified atom stereocenters. The van der Waals surface area contributed by atoms with Crippen LogP contribution in [0.5, 0.6) is 0 Å². The van der Waals surface area contributed by atoms with Crippen LogP contribution in [0.4, 0.5) is 10.1 Å². The minimum absolute atomic E-state index is 0.300. The second kappa shape index (κ2) is 9.04. The number of hydrogen-bond donors (Lipinski definition) is 4. The molecule has 1 atom stereocenters. The molecule has 0 aliphatic rings. The van der Waals surface area contributed by atoms with Gasteiger partial charge in [0.25, 0.3) is 0 Å². The van der Waals surface area contributed by atoms with Gasteiger partial charge in [0.2, 0.25) is 0 Å². The second-order valence-electron chi connectivity index (χ2n) is 10.3. The minimum Gasteiger partial charge on any atom is -0.373 e. The first kappa shape index (κ1) is 23.7. The van der Waals surface area contributed by atoms with Crippen molar-refractivity contribution in [2.75, 3.05) is 5.32 Å². The van der Waals surface area contributed by atoms with Crippen molar-refractivity contribution in [2.24, 2.45) is 5.41 Å². The predicted molar refractivity (Wildman–Crippen MR) is 147 cm³/mol. The molecule has 4 N–H and O–H groups in total. The van der Waals surface area contributed by atoms with Gasteiger partial charge in [0.1, 0.15) is 17.7 Å². The van der Waals surface area contributed by atoms with Crippen LogP contribution in [0.25, 0.3) is 55.8 Å². The highest BCUT2D eigenvalue weighted by atomic mass is 19.1. The number of para-hydroxylation sites is 1. The fraction of sp³-hybridized carbons (Fsp3) is 0.172. The van der Waals surface area contributed by atoms with Crippen molar-refractivity contribution >= 4 is 27.6 Å². The van der Waals surface area contributed by atoms with Gasteiger partial charge in [-0.25, -0.2) is 9.37 Å². The number of rotatable bonds is 5. The molecule has 0 radical (unpaired) electrons. The van der Waals surface area contributed by atoms with Crippen molar-refractivity contribution < 1.29 is 9.50 Å². The first-order valence-corrected chi connectivity index (χ1v) is 12.3. The third-order valence-corrected chi connectivity index (χ3v) is 6.51. The molecule has 190 valence electrons. The minimum atomic E-state index is -0.738. The number of benzene rings is 2. The van der Waals surface area contributed by atoms with Crippen LogP contribution in [0.15, 0.2) is 73.2 Å². The normalized spacial score (nSPS) is 12.8. The number of aliphatic hydroxyl groups excluding tert-OH is 1. The van der Waals surface area contributed by atoms with E-state index in [0.717, 1.165) is 22.0 Å². The average molecular weight is 508 g/mol. The number of anilines is 1. The summed E-state index contributed by atoms with van der Waals surface area (Å²) in [6.07, 6.45) is 4.38. The fourth-order valence-corrected chi connectivity index (χ4v) is 4.33. The number of fused-ring (bicyclic) bond motifs is 2. The summed E-state index contributed by atoms with van der Waals surface area (Å²) in [7, 11) is 0. The van der Waals surface area contributed by atoms with E-state index < -0.39 is 6.23 Å². The monoisotopic (exact) mass is 507 g/mol. The number of pyridine rings is 2. The van der Waals surface area contributed by atoms with E-state index in [0.29, 0.717) is 39.5 Å². The standard InChI is InChI=1S/C29H26FN7O/c1-29(2,3)28(38)33-17-11-16(13-31-14-17)23-12-20-24(15-32-23)36-37-26(20)27-34-22-10-6-8-19(25(22)35-27)18-7-4-5-9-21(18)30/h4-15,28,33,38H,1-3H3,(H,34,35)(H,36,37). The molecule has 0 saturated carbocycles. The highest BCUT2D eigenvalue weighted by Crippen LogP contribution is 2.33. The summed E-state index contributed by atoms with van der Waals surface area (Å²) in [5.41, 5.74) is 5.87. The second-order valence-corrected chi connectivity index (χ2v) is 10.3. The molecule has 9 heteroatoms. The summed E-state index contributed by atoms with van der Waals surface area (Å²) in [5.74, 6) is 0.264. The highest BCUT2D eigenvalue weighted by Gasteiger charge is 2.22. The number of imidazole rings is 1. The van der Waals surface area contributed by atoms with Crippen molar-refractivity contribution in [2.45, 2.75) is 27.0 Å². The van der Waals surface area contributed by atoms with Crippen LogP contribution < -0.4 is 5.32 Å². The van der Waals surface area contributed by atoms with Crippen molar-refractivity contribution in [3.05, 3.63) is 79.0 Å². The van der Waals surface area contributed by atoms with Crippen LogP contribution in [0.3, 0.4) is 0 Å². The number of H-pyrrole nitrogens is 2. The van der Waals surface area contributed by atoms with Gasteiger partial charge in [-0.2, -0.15) is 5.10 Å². The van der Waals surface area contributed by atoms with E-state index >= 15 is 0 Å². The van der Waals surface area contributed by atoms with Gasteiger partial charge in [0.05, 0.1) is 40.3 Å². The average Bonchev–Trinajstić information content (AvgIpc) is 3.52. The SMILES string of the molecule is CC(C)(C)C(O)Nc1cncc(-c2cc3c(-c4nc5c(-c6ccccc6F)cccc5[nH]4)n[nH]c3cn2)c1. The third-order valence-electron chi connectivity index (χ3n) is 6.51. The van der Waals surface area contributed by atoms with E-state index in [1.807, 2.05) is 57.2 Å². The zero-order valence-corrected chi connectivity index (χ0v) is 21.1. The van der Waals surface area contributed by atoms with Gasteiger partial charge in [0.15, 0.2) is 5.82 Å². The van der Waals surface area contributed by atoms with E-state index in [1.54, 1.807) is 30.7 Å². The molecule has 6 aromatic rings. The molecule has 0 amide bonds. The van der Waals surface area contributed by atoms with Gasteiger partial charge in [-0.15, -0.1) is 0 Å². The summed E-state index contributed by atoms with van der Waals surface area (Å²) in [6, 6.07) is 16.2.